The molecule has 5 rings (SSSR count). The van der Waals surface area contributed by atoms with Crippen molar-refractivity contribution in [3.8, 4) is 33.4 Å². The normalized spacial score (nSPS) is 15.4. The zero-order chi connectivity index (χ0) is 19.8. The Morgan fingerprint density at radius 2 is 2.03 bits per heavy atom. The Hall–Kier alpha value is -3.39. The number of rotatable bonds is 4. The second-order valence-corrected chi connectivity index (χ2v) is 7.68. The zero-order valence-corrected chi connectivity index (χ0v) is 16.4. The number of thiophene rings is 1. The molecule has 1 aliphatic heterocycles. The van der Waals surface area contributed by atoms with Gasteiger partial charge in [-0.15, -0.1) is 11.3 Å². The molecule has 0 N–H and O–H groups in total. The van der Waals surface area contributed by atoms with E-state index in [1.165, 1.54) is 4.68 Å². The van der Waals surface area contributed by atoms with Crippen molar-refractivity contribution in [2.24, 2.45) is 0 Å². The van der Waals surface area contributed by atoms with Gasteiger partial charge >= 0.3 is 0 Å². The van der Waals surface area contributed by atoms with Crippen molar-refractivity contribution in [1.82, 2.24) is 14.9 Å². The molecule has 4 aromatic rings. The second-order valence-electron chi connectivity index (χ2n) is 6.73. The maximum Gasteiger partial charge on any atom is 0.267 e. The van der Waals surface area contributed by atoms with Crippen molar-refractivity contribution in [3.05, 3.63) is 70.0 Å². The Morgan fingerprint density at radius 1 is 1.17 bits per heavy atom. The van der Waals surface area contributed by atoms with Crippen molar-refractivity contribution in [2.75, 3.05) is 6.61 Å². The van der Waals surface area contributed by atoms with E-state index < -0.39 is 0 Å². The molecule has 0 spiro atoms. The summed E-state index contributed by atoms with van der Waals surface area (Å²) in [5.74, 6) is 1.90. The third-order valence-electron chi connectivity index (χ3n) is 4.59. The zero-order valence-electron chi connectivity index (χ0n) is 15.6. The summed E-state index contributed by atoms with van der Waals surface area (Å²) in [6.45, 7) is 2.47. The summed E-state index contributed by atoms with van der Waals surface area (Å²) in [6, 6.07) is 14.7. The summed E-state index contributed by atoms with van der Waals surface area (Å²) in [7, 11) is 0. The van der Waals surface area contributed by atoms with E-state index in [0.717, 1.165) is 10.6 Å². The molecule has 0 saturated carbocycles. The van der Waals surface area contributed by atoms with E-state index >= 15 is 0 Å². The van der Waals surface area contributed by atoms with E-state index in [4.69, 9.17) is 14.0 Å². The molecule has 0 saturated heterocycles. The molecular formula is C21H17N3O4S. The van der Waals surface area contributed by atoms with Crippen molar-refractivity contribution >= 4 is 11.3 Å². The highest BCUT2D eigenvalue weighted by Crippen LogP contribution is 2.33. The van der Waals surface area contributed by atoms with Gasteiger partial charge in [0.15, 0.2) is 23.4 Å². The Balaban J connectivity index is 1.51. The van der Waals surface area contributed by atoms with Crippen LogP contribution in [0.3, 0.4) is 0 Å². The largest absolute Gasteiger partial charge is 0.486 e. The number of ether oxygens (including phenoxy) is 2. The molecule has 0 amide bonds. The van der Waals surface area contributed by atoms with Gasteiger partial charge in [0.05, 0.1) is 22.7 Å². The van der Waals surface area contributed by atoms with Crippen LogP contribution in [-0.2, 0) is 6.54 Å². The van der Waals surface area contributed by atoms with Crippen LogP contribution in [0.15, 0.2) is 63.2 Å². The van der Waals surface area contributed by atoms with Gasteiger partial charge < -0.3 is 14.0 Å². The van der Waals surface area contributed by atoms with E-state index in [0.29, 0.717) is 35.1 Å². The van der Waals surface area contributed by atoms with Gasteiger partial charge in [-0.25, -0.2) is 4.68 Å². The van der Waals surface area contributed by atoms with Gasteiger partial charge in [0, 0.05) is 12.1 Å². The van der Waals surface area contributed by atoms with Gasteiger partial charge in [-0.3, -0.25) is 4.79 Å². The van der Waals surface area contributed by atoms with Gasteiger partial charge in [0.2, 0.25) is 0 Å². The number of benzene rings is 1. The van der Waals surface area contributed by atoms with Crippen molar-refractivity contribution < 1.29 is 14.0 Å². The quantitative estimate of drug-likeness (QED) is 0.512. The van der Waals surface area contributed by atoms with Crippen molar-refractivity contribution in [1.29, 1.82) is 0 Å². The highest BCUT2D eigenvalue weighted by Gasteiger charge is 2.23. The molecule has 1 atom stereocenters. The Kier molecular flexibility index (Phi) is 4.40. The van der Waals surface area contributed by atoms with Crippen LogP contribution in [0.25, 0.3) is 21.9 Å². The first-order chi connectivity index (χ1) is 14.2. The lowest BCUT2D eigenvalue weighted by atomic mass is 10.1. The molecule has 7 nitrogen and oxygen atoms in total. The Bertz CT molecular complexity index is 1210. The summed E-state index contributed by atoms with van der Waals surface area (Å²) < 4.78 is 18.6. The van der Waals surface area contributed by atoms with E-state index in [9.17, 15) is 4.79 Å². The number of nitrogens with zero attached hydrogens (tertiary/aromatic N) is 3. The summed E-state index contributed by atoms with van der Waals surface area (Å²) >= 11 is 1.55. The van der Waals surface area contributed by atoms with Crippen LogP contribution in [0, 0.1) is 6.92 Å². The maximum absolute atomic E-state index is 12.8. The van der Waals surface area contributed by atoms with Gasteiger partial charge in [-0.2, -0.15) is 5.10 Å². The topological polar surface area (TPSA) is 79.4 Å². The second kappa shape index (κ2) is 7.21. The molecule has 0 aliphatic carbocycles. The molecule has 0 radical (unpaired) electrons. The van der Waals surface area contributed by atoms with Crippen molar-refractivity contribution in [3.63, 3.8) is 0 Å². The highest BCUT2D eigenvalue weighted by atomic mass is 32.1. The minimum atomic E-state index is -0.315. The van der Waals surface area contributed by atoms with Crippen LogP contribution >= 0.6 is 11.3 Å². The van der Waals surface area contributed by atoms with Gasteiger partial charge in [0.25, 0.3) is 5.56 Å². The van der Waals surface area contributed by atoms with Gasteiger partial charge in [-0.05, 0) is 30.5 Å². The number of para-hydroxylation sites is 2. The van der Waals surface area contributed by atoms with Gasteiger partial charge in [-0.1, -0.05) is 23.4 Å². The molecule has 4 heterocycles. The predicted molar refractivity (Wildman–Crippen MR) is 108 cm³/mol. The fourth-order valence-corrected chi connectivity index (χ4v) is 3.96. The van der Waals surface area contributed by atoms with Crippen LogP contribution in [0.4, 0.5) is 0 Å². The third kappa shape index (κ3) is 3.42. The summed E-state index contributed by atoms with van der Waals surface area (Å²) in [6.07, 6.45) is -0.315. The summed E-state index contributed by atoms with van der Waals surface area (Å²) in [5, 5.41) is 10.5. The first kappa shape index (κ1) is 17.7. The summed E-state index contributed by atoms with van der Waals surface area (Å²) in [5.41, 5.74) is 1.80. The van der Waals surface area contributed by atoms with Crippen LogP contribution in [0.2, 0.25) is 0 Å². The average Bonchev–Trinajstić information content (AvgIpc) is 3.41. The van der Waals surface area contributed by atoms with Crippen molar-refractivity contribution in [2.45, 2.75) is 19.6 Å². The Labute approximate surface area is 170 Å². The molecule has 29 heavy (non-hydrogen) atoms. The van der Waals surface area contributed by atoms with E-state index in [1.807, 2.05) is 48.7 Å². The molecule has 0 bridgehead atoms. The lowest BCUT2D eigenvalue weighted by molar-refractivity contribution is 0.0748. The third-order valence-corrected chi connectivity index (χ3v) is 5.47. The number of aryl methyl sites for hydroxylation is 1. The standard InChI is InChI=1S/C21H17N3O4S/c1-13-9-18(28-23-13)15-10-20(25)24(22-21(15)19-7-4-8-29-19)11-14-12-26-16-5-2-3-6-17(16)27-14/h2-10,14H,11-12H2,1H3. The Morgan fingerprint density at radius 3 is 2.79 bits per heavy atom. The maximum atomic E-state index is 12.8. The number of aromatic nitrogens is 3. The minimum Gasteiger partial charge on any atom is -0.486 e. The highest BCUT2D eigenvalue weighted by molar-refractivity contribution is 7.13. The molecule has 1 aliphatic rings. The van der Waals surface area contributed by atoms with E-state index in [1.54, 1.807) is 23.5 Å². The molecule has 146 valence electrons. The van der Waals surface area contributed by atoms with Crippen LogP contribution in [0.1, 0.15) is 5.69 Å². The van der Waals surface area contributed by atoms with Crippen LogP contribution in [0.5, 0.6) is 11.5 Å². The monoisotopic (exact) mass is 407 g/mol. The minimum absolute atomic E-state index is 0.239. The van der Waals surface area contributed by atoms with E-state index in [2.05, 4.69) is 10.3 Å². The van der Waals surface area contributed by atoms with Gasteiger partial charge in [0.1, 0.15) is 12.3 Å². The fourth-order valence-electron chi connectivity index (χ4n) is 3.24. The SMILES string of the molecule is Cc1cc(-c2cc(=O)n(CC3COc4ccccc4O3)nc2-c2cccs2)on1. The number of fused-ring (bicyclic) bond motifs is 1. The molecular weight excluding hydrogens is 390 g/mol. The average molecular weight is 407 g/mol. The molecule has 0 fully saturated rings. The van der Waals surface area contributed by atoms with Crippen LogP contribution < -0.4 is 15.0 Å². The smallest absolute Gasteiger partial charge is 0.267 e. The fraction of sp³-hybridized carbons (Fsp3) is 0.190. The number of hydrogen-bond donors (Lipinski definition) is 0. The van der Waals surface area contributed by atoms with E-state index in [-0.39, 0.29) is 18.2 Å². The molecule has 1 aromatic carbocycles. The molecule has 8 heteroatoms. The first-order valence-electron chi connectivity index (χ1n) is 9.15. The lowest BCUT2D eigenvalue weighted by Crippen LogP contribution is -2.37. The van der Waals surface area contributed by atoms with Crippen LogP contribution in [-0.4, -0.2) is 27.6 Å². The first-order valence-corrected chi connectivity index (χ1v) is 10.0. The molecule has 1 unspecified atom stereocenters. The predicted octanol–water partition coefficient (Wildman–Crippen LogP) is 3.78. The molecule has 3 aromatic heterocycles. The summed E-state index contributed by atoms with van der Waals surface area (Å²) in [4.78, 5) is 13.7. The lowest BCUT2D eigenvalue weighted by Gasteiger charge is -2.26. The number of hydrogen-bond acceptors (Lipinski definition) is 7.